The first kappa shape index (κ1) is 16.3. The van der Waals surface area contributed by atoms with Crippen LogP contribution in [0.4, 0.5) is 0 Å². The molecule has 4 nitrogen and oxygen atoms in total. The van der Waals surface area contributed by atoms with Crippen molar-refractivity contribution in [3.63, 3.8) is 0 Å². The van der Waals surface area contributed by atoms with Crippen LogP contribution >= 0.6 is 39.1 Å². The highest BCUT2D eigenvalue weighted by atomic mass is 79.9. The number of hydrogen-bond acceptors (Lipinski definition) is 2. The van der Waals surface area contributed by atoms with Crippen LogP contribution in [0, 0.1) is 0 Å². The number of benzene rings is 1. The maximum absolute atomic E-state index is 13.0. The number of rotatable bonds is 2. The van der Waals surface area contributed by atoms with Crippen molar-refractivity contribution in [1.82, 2.24) is 8.87 Å². The van der Waals surface area contributed by atoms with Crippen molar-refractivity contribution >= 4 is 49.2 Å². The molecule has 0 fully saturated rings. The van der Waals surface area contributed by atoms with Crippen molar-refractivity contribution in [3.05, 3.63) is 50.7 Å². The summed E-state index contributed by atoms with van der Waals surface area (Å²) in [7, 11) is -3.77. The van der Waals surface area contributed by atoms with E-state index in [1.807, 2.05) is 25.3 Å². The average molecular weight is 424 g/mol. The van der Waals surface area contributed by atoms with Crippen LogP contribution in [0.1, 0.15) is 18.7 Å². The molecule has 1 aromatic carbocycles. The second-order valence-corrected chi connectivity index (χ2v) is 8.67. The molecule has 0 saturated carbocycles. The Balaban J connectivity index is 2.09. The van der Waals surface area contributed by atoms with Gasteiger partial charge in [-0.2, -0.15) is 4.31 Å². The fraction of sp³-hybridized carbons (Fsp3) is 0.286. The summed E-state index contributed by atoms with van der Waals surface area (Å²) in [5.74, 6) is 0. The molecule has 1 aromatic heterocycles. The molecular formula is C14H13BrCl2N2O2S. The fourth-order valence-corrected chi connectivity index (χ4v) is 6.26. The van der Waals surface area contributed by atoms with Crippen molar-refractivity contribution < 1.29 is 8.42 Å². The molecule has 1 aliphatic rings. The van der Waals surface area contributed by atoms with Crippen LogP contribution in [0.2, 0.25) is 10.0 Å². The number of aromatic nitrogens is 1. The first-order chi connectivity index (χ1) is 10.3. The summed E-state index contributed by atoms with van der Waals surface area (Å²) in [6.45, 7) is 2.86. The summed E-state index contributed by atoms with van der Waals surface area (Å²) in [5, 5.41) is 0.236. The molecule has 0 amide bonds. The van der Waals surface area contributed by atoms with E-state index >= 15 is 0 Å². The van der Waals surface area contributed by atoms with Crippen molar-refractivity contribution in [2.45, 2.75) is 24.4 Å². The van der Waals surface area contributed by atoms with Crippen molar-refractivity contribution in [2.24, 2.45) is 0 Å². The number of halogens is 3. The zero-order valence-corrected chi connectivity index (χ0v) is 15.5. The third-order valence-electron chi connectivity index (χ3n) is 3.82. The van der Waals surface area contributed by atoms with Crippen LogP contribution < -0.4 is 0 Å². The van der Waals surface area contributed by atoms with Gasteiger partial charge in [0.05, 0.1) is 16.1 Å². The van der Waals surface area contributed by atoms with Gasteiger partial charge in [0.15, 0.2) is 0 Å². The normalized spacial score (nSPS) is 19.2. The molecular weight excluding hydrogens is 411 g/mol. The van der Waals surface area contributed by atoms with E-state index in [4.69, 9.17) is 23.2 Å². The van der Waals surface area contributed by atoms with Gasteiger partial charge in [0, 0.05) is 29.5 Å². The third kappa shape index (κ3) is 2.61. The van der Waals surface area contributed by atoms with Crippen molar-refractivity contribution in [1.29, 1.82) is 0 Å². The van der Waals surface area contributed by atoms with Gasteiger partial charge in [-0.05, 0) is 31.2 Å². The summed E-state index contributed by atoms with van der Waals surface area (Å²) in [4.78, 5) is -0.0362. The predicted molar refractivity (Wildman–Crippen MR) is 90.9 cm³/mol. The molecule has 22 heavy (non-hydrogen) atoms. The highest BCUT2D eigenvalue weighted by Crippen LogP contribution is 2.38. The maximum atomic E-state index is 13.0. The lowest BCUT2D eigenvalue weighted by atomic mass is 10.2. The standard InChI is InChI=1S/C14H13BrCl2N2O2S/c1-9-13-3-2-4-18(13)5-6-19(9)22(20,21)14-11(16)7-10(15)8-12(14)17/h2-4,7-9H,5-6H2,1H3/t9-/m0/s1. The molecule has 3 rings (SSSR count). The fourth-order valence-electron chi connectivity index (χ4n) is 2.78. The van der Waals surface area contributed by atoms with Crippen LogP contribution in [0.25, 0.3) is 0 Å². The molecule has 0 spiro atoms. The van der Waals surface area contributed by atoms with E-state index in [0.717, 1.165) is 5.69 Å². The van der Waals surface area contributed by atoms with Gasteiger partial charge in [0.2, 0.25) is 10.0 Å². The summed E-state index contributed by atoms with van der Waals surface area (Å²) < 4.78 is 30.2. The molecule has 1 aliphatic heterocycles. The van der Waals surface area contributed by atoms with E-state index in [0.29, 0.717) is 17.6 Å². The number of nitrogens with zero attached hydrogens (tertiary/aromatic N) is 2. The van der Waals surface area contributed by atoms with Crippen molar-refractivity contribution in [2.75, 3.05) is 6.54 Å². The molecule has 0 saturated heterocycles. The monoisotopic (exact) mass is 422 g/mol. The Kier molecular flexibility index (Phi) is 4.33. The first-order valence-corrected chi connectivity index (χ1v) is 9.62. The molecule has 2 heterocycles. The molecule has 0 bridgehead atoms. The van der Waals surface area contributed by atoms with Crippen LogP contribution in [-0.2, 0) is 16.6 Å². The van der Waals surface area contributed by atoms with Gasteiger partial charge >= 0.3 is 0 Å². The second kappa shape index (κ2) is 5.83. The Hall–Kier alpha value is -0.530. The average Bonchev–Trinajstić information content (AvgIpc) is 2.86. The maximum Gasteiger partial charge on any atom is 0.246 e. The zero-order chi connectivity index (χ0) is 16.1. The van der Waals surface area contributed by atoms with Gasteiger partial charge < -0.3 is 4.57 Å². The van der Waals surface area contributed by atoms with Crippen molar-refractivity contribution in [3.8, 4) is 0 Å². The summed E-state index contributed by atoms with van der Waals surface area (Å²) in [6, 6.07) is 6.65. The molecule has 0 N–H and O–H groups in total. The van der Waals surface area contributed by atoms with Crippen LogP contribution in [0.3, 0.4) is 0 Å². The Bertz CT molecular complexity index is 812. The van der Waals surface area contributed by atoms with Gasteiger partial charge in [-0.25, -0.2) is 8.42 Å². The number of sulfonamides is 1. The van der Waals surface area contributed by atoms with E-state index in [9.17, 15) is 8.42 Å². The molecule has 8 heteroatoms. The Morgan fingerprint density at radius 1 is 1.23 bits per heavy atom. The lowest BCUT2D eigenvalue weighted by Gasteiger charge is -2.34. The Morgan fingerprint density at radius 3 is 2.50 bits per heavy atom. The Labute approximate surface area is 147 Å². The van der Waals surface area contributed by atoms with Crippen LogP contribution in [0.15, 0.2) is 39.8 Å². The Morgan fingerprint density at radius 2 is 1.86 bits per heavy atom. The molecule has 2 aromatic rings. The van der Waals surface area contributed by atoms with E-state index < -0.39 is 10.0 Å². The number of hydrogen-bond donors (Lipinski definition) is 0. The first-order valence-electron chi connectivity index (χ1n) is 6.64. The van der Waals surface area contributed by atoms with Gasteiger partial charge in [0.25, 0.3) is 0 Å². The van der Waals surface area contributed by atoms with Crippen LogP contribution in [0.5, 0.6) is 0 Å². The smallest absolute Gasteiger partial charge is 0.246 e. The van der Waals surface area contributed by atoms with Gasteiger partial charge in [-0.15, -0.1) is 0 Å². The van der Waals surface area contributed by atoms with Gasteiger partial charge in [-0.1, -0.05) is 39.1 Å². The summed E-state index contributed by atoms with van der Waals surface area (Å²) in [6.07, 6.45) is 1.95. The van der Waals surface area contributed by atoms with Crippen LogP contribution in [-0.4, -0.2) is 23.8 Å². The topological polar surface area (TPSA) is 42.3 Å². The lowest BCUT2D eigenvalue weighted by molar-refractivity contribution is 0.282. The minimum absolute atomic E-state index is 0.0362. The molecule has 1 atom stereocenters. The summed E-state index contributed by atoms with van der Waals surface area (Å²) in [5.41, 5.74) is 0.958. The molecule has 118 valence electrons. The highest BCUT2D eigenvalue weighted by Gasteiger charge is 2.36. The minimum atomic E-state index is -3.77. The van der Waals surface area contributed by atoms with E-state index in [1.54, 1.807) is 0 Å². The largest absolute Gasteiger partial charge is 0.349 e. The minimum Gasteiger partial charge on any atom is -0.349 e. The third-order valence-corrected chi connectivity index (χ3v) is 7.17. The highest BCUT2D eigenvalue weighted by molar-refractivity contribution is 9.10. The molecule has 0 aliphatic carbocycles. The predicted octanol–water partition coefficient (Wildman–Crippen LogP) is 4.32. The van der Waals surface area contributed by atoms with Gasteiger partial charge in [-0.3, -0.25) is 0 Å². The van der Waals surface area contributed by atoms with E-state index in [1.165, 1.54) is 16.4 Å². The number of fused-ring (bicyclic) bond motifs is 1. The lowest BCUT2D eigenvalue weighted by Crippen LogP contribution is -2.40. The quantitative estimate of drug-likeness (QED) is 0.721. The summed E-state index contributed by atoms with van der Waals surface area (Å²) >= 11 is 15.5. The molecule has 0 radical (unpaired) electrons. The molecule has 0 unspecified atom stereocenters. The SMILES string of the molecule is C[C@H]1c2cccn2CCN1S(=O)(=O)c1c(Cl)cc(Br)cc1Cl. The van der Waals surface area contributed by atoms with Gasteiger partial charge in [0.1, 0.15) is 4.90 Å². The second-order valence-electron chi connectivity index (χ2n) is 5.12. The van der Waals surface area contributed by atoms with E-state index in [-0.39, 0.29) is 21.0 Å². The zero-order valence-electron chi connectivity index (χ0n) is 11.6. The van der Waals surface area contributed by atoms with E-state index in [2.05, 4.69) is 20.5 Å².